The van der Waals surface area contributed by atoms with Crippen molar-refractivity contribution < 1.29 is 14.3 Å². The zero-order valence-corrected chi connectivity index (χ0v) is 22.0. The van der Waals surface area contributed by atoms with E-state index in [0.717, 1.165) is 21.8 Å². The fraction of sp³-hybridized carbons (Fsp3) is 0.296. The van der Waals surface area contributed by atoms with Gasteiger partial charge in [0.15, 0.2) is 4.80 Å². The first-order valence-electron chi connectivity index (χ1n) is 11.3. The van der Waals surface area contributed by atoms with Gasteiger partial charge >= 0.3 is 5.97 Å². The Balaban J connectivity index is 1.87. The van der Waals surface area contributed by atoms with Gasteiger partial charge in [0.25, 0.3) is 5.56 Å². The number of carbonyl (C=O) groups excluding carboxylic acids is 1. The van der Waals surface area contributed by atoms with E-state index in [9.17, 15) is 9.59 Å². The summed E-state index contributed by atoms with van der Waals surface area (Å²) in [5.74, 6) is 0.505. The highest BCUT2D eigenvalue weighted by Crippen LogP contribution is 2.31. The zero-order valence-electron chi connectivity index (χ0n) is 20.4. The van der Waals surface area contributed by atoms with Gasteiger partial charge in [0.1, 0.15) is 5.75 Å². The first-order valence-corrected chi connectivity index (χ1v) is 13.3. The standard InChI is InChI=1S/C27H28N2O4S2/c1-16(2)15-33-26(31)23-17(3)28-27-29(24(23)19-8-12-21(34-5)13-9-19)25(30)22(35-27)14-18-6-10-20(32-4)11-7-18/h6-14,16,24H,15H2,1-5H3. The Hall–Kier alpha value is -3.10. The Morgan fingerprint density at radius 2 is 1.86 bits per heavy atom. The highest BCUT2D eigenvalue weighted by atomic mass is 32.2. The van der Waals surface area contributed by atoms with Crippen LogP contribution in [0.2, 0.25) is 0 Å². The molecule has 35 heavy (non-hydrogen) atoms. The zero-order chi connectivity index (χ0) is 25.1. The van der Waals surface area contributed by atoms with E-state index in [1.165, 1.54) is 11.3 Å². The summed E-state index contributed by atoms with van der Waals surface area (Å²) in [6.07, 6.45) is 3.85. The number of hydrogen-bond acceptors (Lipinski definition) is 7. The largest absolute Gasteiger partial charge is 0.497 e. The summed E-state index contributed by atoms with van der Waals surface area (Å²) in [5, 5.41) is 0. The van der Waals surface area contributed by atoms with E-state index in [1.54, 1.807) is 30.4 Å². The van der Waals surface area contributed by atoms with Crippen molar-refractivity contribution in [2.45, 2.75) is 31.7 Å². The van der Waals surface area contributed by atoms with Crippen LogP contribution in [-0.4, -0.2) is 30.5 Å². The van der Waals surface area contributed by atoms with E-state index in [4.69, 9.17) is 9.47 Å². The van der Waals surface area contributed by atoms with Gasteiger partial charge in [-0.25, -0.2) is 9.79 Å². The molecule has 1 unspecified atom stereocenters. The van der Waals surface area contributed by atoms with Crippen LogP contribution in [0, 0.1) is 5.92 Å². The molecule has 1 atom stereocenters. The maximum Gasteiger partial charge on any atom is 0.338 e. The summed E-state index contributed by atoms with van der Waals surface area (Å²) in [5.41, 5.74) is 2.49. The Labute approximate surface area is 212 Å². The Kier molecular flexibility index (Phi) is 7.62. The molecule has 2 aromatic carbocycles. The molecule has 0 saturated heterocycles. The van der Waals surface area contributed by atoms with Crippen molar-refractivity contribution in [2.24, 2.45) is 10.9 Å². The predicted octanol–water partition coefficient (Wildman–Crippen LogP) is 4.16. The second-order valence-corrected chi connectivity index (χ2v) is 10.5. The smallest absolute Gasteiger partial charge is 0.338 e. The summed E-state index contributed by atoms with van der Waals surface area (Å²) in [6.45, 7) is 6.08. The molecule has 2 heterocycles. The molecule has 1 aliphatic rings. The van der Waals surface area contributed by atoms with Gasteiger partial charge in [0.2, 0.25) is 0 Å². The molecule has 3 aromatic rings. The highest BCUT2D eigenvalue weighted by molar-refractivity contribution is 7.98. The van der Waals surface area contributed by atoms with E-state index in [0.29, 0.717) is 27.2 Å². The van der Waals surface area contributed by atoms with Crippen LogP contribution < -0.4 is 19.6 Å². The molecule has 0 aliphatic carbocycles. The molecular weight excluding hydrogens is 480 g/mol. The molecule has 0 bridgehead atoms. The number of hydrogen-bond donors (Lipinski definition) is 0. The summed E-state index contributed by atoms with van der Waals surface area (Å²) in [4.78, 5) is 33.2. The van der Waals surface area contributed by atoms with Crippen LogP contribution in [0.5, 0.6) is 5.75 Å². The minimum Gasteiger partial charge on any atom is -0.497 e. The topological polar surface area (TPSA) is 69.9 Å². The van der Waals surface area contributed by atoms with Crippen molar-refractivity contribution in [2.75, 3.05) is 20.0 Å². The average molecular weight is 509 g/mol. The molecule has 4 rings (SSSR count). The van der Waals surface area contributed by atoms with E-state index in [1.807, 2.05) is 74.7 Å². The van der Waals surface area contributed by atoms with Crippen molar-refractivity contribution in [3.63, 3.8) is 0 Å². The molecule has 0 radical (unpaired) electrons. The lowest BCUT2D eigenvalue weighted by Crippen LogP contribution is -2.40. The number of nitrogens with zero attached hydrogens (tertiary/aromatic N) is 2. The van der Waals surface area contributed by atoms with Crippen LogP contribution in [0.3, 0.4) is 0 Å². The maximum absolute atomic E-state index is 13.7. The summed E-state index contributed by atoms with van der Waals surface area (Å²) in [6, 6.07) is 14.8. The van der Waals surface area contributed by atoms with Crippen molar-refractivity contribution >= 4 is 35.1 Å². The molecule has 1 aromatic heterocycles. The number of carbonyl (C=O) groups is 1. The third-order valence-corrected chi connectivity index (χ3v) is 7.36. The number of ether oxygens (including phenoxy) is 2. The molecular formula is C27H28N2O4S2. The van der Waals surface area contributed by atoms with E-state index in [2.05, 4.69) is 4.99 Å². The SMILES string of the molecule is COc1ccc(C=c2sc3n(c2=O)C(c2ccc(SC)cc2)C(C(=O)OCC(C)C)=C(C)N=3)cc1. The third kappa shape index (κ3) is 5.28. The number of esters is 1. The minimum absolute atomic E-state index is 0.190. The van der Waals surface area contributed by atoms with Crippen molar-refractivity contribution in [1.82, 2.24) is 4.57 Å². The number of aromatic nitrogens is 1. The lowest BCUT2D eigenvalue weighted by molar-refractivity contribution is -0.140. The van der Waals surface area contributed by atoms with E-state index >= 15 is 0 Å². The third-order valence-electron chi connectivity index (χ3n) is 5.63. The molecule has 0 spiro atoms. The molecule has 0 fully saturated rings. The monoisotopic (exact) mass is 508 g/mol. The summed E-state index contributed by atoms with van der Waals surface area (Å²) >= 11 is 2.95. The van der Waals surface area contributed by atoms with Crippen LogP contribution in [0.1, 0.15) is 37.9 Å². The quantitative estimate of drug-likeness (QED) is 0.354. The van der Waals surface area contributed by atoms with Crippen LogP contribution in [0.25, 0.3) is 6.08 Å². The number of fused-ring (bicyclic) bond motifs is 1. The lowest BCUT2D eigenvalue weighted by Gasteiger charge is -2.25. The predicted molar refractivity (Wildman–Crippen MR) is 141 cm³/mol. The first-order chi connectivity index (χ1) is 16.8. The van der Waals surface area contributed by atoms with Gasteiger partial charge < -0.3 is 9.47 Å². The van der Waals surface area contributed by atoms with Gasteiger partial charge in [-0.15, -0.1) is 11.8 Å². The number of methoxy groups -OCH3 is 1. The number of benzene rings is 2. The first kappa shape index (κ1) is 25.0. The minimum atomic E-state index is -0.611. The van der Waals surface area contributed by atoms with E-state index in [-0.39, 0.29) is 11.5 Å². The van der Waals surface area contributed by atoms with Gasteiger partial charge in [-0.2, -0.15) is 0 Å². The molecule has 0 saturated carbocycles. The van der Waals surface area contributed by atoms with Crippen LogP contribution in [0.15, 0.2) is 74.5 Å². The summed E-state index contributed by atoms with van der Waals surface area (Å²) in [7, 11) is 1.62. The van der Waals surface area contributed by atoms with Crippen molar-refractivity contribution in [1.29, 1.82) is 0 Å². The van der Waals surface area contributed by atoms with E-state index < -0.39 is 12.0 Å². The fourth-order valence-corrected chi connectivity index (χ4v) is 5.31. The second kappa shape index (κ2) is 10.7. The molecule has 1 aliphatic heterocycles. The van der Waals surface area contributed by atoms with Gasteiger partial charge in [0.05, 0.1) is 35.6 Å². The number of rotatable bonds is 7. The highest BCUT2D eigenvalue weighted by Gasteiger charge is 2.33. The van der Waals surface area contributed by atoms with Crippen LogP contribution in [-0.2, 0) is 9.53 Å². The number of thioether (sulfide) groups is 1. The number of allylic oxidation sites excluding steroid dienone is 1. The van der Waals surface area contributed by atoms with Gasteiger partial charge in [0, 0.05) is 4.90 Å². The molecule has 6 nitrogen and oxygen atoms in total. The summed E-state index contributed by atoms with van der Waals surface area (Å²) < 4.78 is 13.0. The normalized spacial score (nSPS) is 15.7. The van der Waals surface area contributed by atoms with Gasteiger partial charge in [-0.3, -0.25) is 9.36 Å². The van der Waals surface area contributed by atoms with Crippen molar-refractivity contribution in [3.05, 3.63) is 90.6 Å². The van der Waals surface area contributed by atoms with Gasteiger partial charge in [-0.1, -0.05) is 49.4 Å². The number of thiazole rings is 1. The van der Waals surface area contributed by atoms with Gasteiger partial charge in [-0.05, 0) is 60.6 Å². The van der Waals surface area contributed by atoms with Crippen LogP contribution in [0.4, 0.5) is 0 Å². The fourth-order valence-electron chi connectivity index (χ4n) is 3.86. The van der Waals surface area contributed by atoms with Crippen molar-refractivity contribution in [3.8, 4) is 5.75 Å². The maximum atomic E-state index is 13.7. The molecule has 0 N–H and O–H groups in total. The van der Waals surface area contributed by atoms with Crippen LogP contribution >= 0.6 is 23.1 Å². The molecule has 0 amide bonds. The average Bonchev–Trinajstić information content (AvgIpc) is 3.16. The Morgan fingerprint density at radius 1 is 1.17 bits per heavy atom. The Morgan fingerprint density at radius 3 is 2.46 bits per heavy atom. The molecule has 182 valence electrons. The molecule has 8 heteroatoms. The second-order valence-electron chi connectivity index (χ2n) is 8.62. The lowest BCUT2D eigenvalue weighted by atomic mass is 9.96. The Bertz CT molecular complexity index is 1430.